The smallest absolute Gasteiger partial charge is 0.251 e. The lowest BCUT2D eigenvalue weighted by Crippen LogP contribution is -2.29. The van der Waals surface area contributed by atoms with Gasteiger partial charge in [0, 0.05) is 17.4 Å². The monoisotopic (exact) mass is 351 g/mol. The Morgan fingerprint density at radius 3 is 2.88 bits per heavy atom. The number of phenols is 1. The minimum Gasteiger partial charge on any atom is -0.507 e. The number of nitrogens with one attached hydrogen (secondary N) is 1. The van der Waals surface area contributed by atoms with Crippen LogP contribution in [0, 0.1) is 3.57 Å². The first-order valence-corrected chi connectivity index (χ1v) is 7.20. The van der Waals surface area contributed by atoms with E-state index < -0.39 is 0 Å². The molecule has 0 bridgehead atoms. The van der Waals surface area contributed by atoms with Crippen molar-refractivity contribution in [3.8, 4) is 5.75 Å². The van der Waals surface area contributed by atoms with Gasteiger partial charge >= 0.3 is 0 Å². The van der Waals surface area contributed by atoms with Gasteiger partial charge in [-0.3, -0.25) is 4.79 Å². The van der Waals surface area contributed by atoms with Crippen LogP contribution in [0.2, 0.25) is 0 Å². The molecule has 0 radical (unpaired) electrons. The van der Waals surface area contributed by atoms with Crippen LogP contribution in [0.1, 0.15) is 17.3 Å². The van der Waals surface area contributed by atoms with Crippen LogP contribution in [-0.2, 0) is 0 Å². The largest absolute Gasteiger partial charge is 0.507 e. The van der Waals surface area contributed by atoms with E-state index >= 15 is 0 Å². The minimum absolute atomic E-state index is 0.145. The van der Waals surface area contributed by atoms with Crippen LogP contribution in [0.25, 0.3) is 0 Å². The molecule has 0 saturated heterocycles. The van der Waals surface area contributed by atoms with E-state index in [1.54, 1.807) is 23.9 Å². The number of thioether (sulfide) groups is 1. The Morgan fingerprint density at radius 2 is 2.31 bits per heavy atom. The minimum atomic E-state index is -0.146. The molecule has 5 heteroatoms. The van der Waals surface area contributed by atoms with E-state index in [-0.39, 0.29) is 11.7 Å². The molecule has 1 rings (SSSR count). The lowest BCUT2D eigenvalue weighted by Gasteiger charge is -2.10. The number of hydrogen-bond acceptors (Lipinski definition) is 3. The van der Waals surface area contributed by atoms with E-state index in [0.29, 0.717) is 17.4 Å². The zero-order valence-corrected chi connectivity index (χ0v) is 12.1. The normalized spacial score (nSPS) is 12.2. The van der Waals surface area contributed by atoms with Crippen LogP contribution >= 0.6 is 34.4 Å². The molecule has 0 spiro atoms. The molecular weight excluding hydrogens is 337 g/mol. The quantitative estimate of drug-likeness (QED) is 0.820. The van der Waals surface area contributed by atoms with Gasteiger partial charge in [0.05, 0.1) is 3.57 Å². The number of amides is 1. The number of carbonyl (C=O) groups excluding carboxylic acids is 1. The molecule has 0 fully saturated rings. The molecule has 1 aromatic rings. The molecule has 1 unspecified atom stereocenters. The summed E-state index contributed by atoms with van der Waals surface area (Å²) in [5.41, 5.74) is 0.492. The fourth-order valence-electron chi connectivity index (χ4n) is 1.08. The second kappa shape index (κ2) is 6.34. The highest BCUT2D eigenvalue weighted by Gasteiger charge is 2.09. The lowest BCUT2D eigenvalue weighted by atomic mass is 10.2. The summed E-state index contributed by atoms with van der Waals surface area (Å²) < 4.78 is 0.742. The Bertz CT molecular complexity index is 384. The standard InChI is InChI=1S/C11H14INO2S/c1-7(16-2)6-13-11(15)8-3-4-9(12)10(14)5-8/h3-5,7,14H,6H2,1-2H3,(H,13,15). The summed E-state index contributed by atoms with van der Waals surface area (Å²) in [5, 5.41) is 12.7. The van der Waals surface area contributed by atoms with Crippen molar-refractivity contribution in [1.29, 1.82) is 0 Å². The molecule has 3 nitrogen and oxygen atoms in total. The fourth-order valence-corrected chi connectivity index (χ4v) is 1.66. The maximum absolute atomic E-state index is 11.7. The zero-order chi connectivity index (χ0) is 12.1. The third-order valence-electron chi connectivity index (χ3n) is 2.16. The molecule has 0 aromatic heterocycles. The topological polar surface area (TPSA) is 49.3 Å². The van der Waals surface area contributed by atoms with E-state index in [2.05, 4.69) is 12.2 Å². The molecule has 2 N–H and O–H groups in total. The van der Waals surface area contributed by atoms with Crippen molar-refractivity contribution < 1.29 is 9.90 Å². The van der Waals surface area contributed by atoms with Crippen LogP contribution in [0.4, 0.5) is 0 Å². The third-order valence-corrected chi connectivity index (χ3v) is 4.04. The Hall–Kier alpha value is -0.430. The molecule has 0 saturated carbocycles. The highest BCUT2D eigenvalue weighted by atomic mass is 127. The summed E-state index contributed by atoms with van der Waals surface area (Å²) in [7, 11) is 0. The Balaban J connectivity index is 2.63. The summed E-state index contributed by atoms with van der Waals surface area (Å²) in [6.07, 6.45) is 2.01. The Morgan fingerprint density at radius 1 is 1.62 bits per heavy atom. The van der Waals surface area contributed by atoms with E-state index in [1.165, 1.54) is 6.07 Å². The predicted octanol–water partition coefficient (Wildman–Crippen LogP) is 2.48. The third kappa shape index (κ3) is 3.86. The molecule has 0 aliphatic carbocycles. The van der Waals surface area contributed by atoms with Gasteiger partial charge in [0.2, 0.25) is 0 Å². The second-order valence-corrected chi connectivity index (χ2v) is 5.86. The first kappa shape index (κ1) is 13.6. The van der Waals surface area contributed by atoms with Crippen LogP contribution in [0.5, 0.6) is 5.75 Å². The van der Waals surface area contributed by atoms with E-state index in [4.69, 9.17) is 0 Å². The average Bonchev–Trinajstić information content (AvgIpc) is 2.29. The van der Waals surface area contributed by atoms with Gasteiger partial charge in [-0.15, -0.1) is 0 Å². The first-order chi connectivity index (χ1) is 7.54. The van der Waals surface area contributed by atoms with Crippen molar-refractivity contribution >= 4 is 40.3 Å². The van der Waals surface area contributed by atoms with E-state index in [0.717, 1.165) is 3.57 Å². The van der Waals surface area contributed by atoms with Gasteiger partial charge < -0.3 is 10.4 Å². The number of hydrogen-bond donors (Lipinski definition) is 2. The maximum atomic E-state index is 11.7. The molecular formula is C11H14INO2S. The van der Waals surface area contributed by atoms with Gasteiger partial charge in [-0.2, -0.15) is 11.8 Å². The number of halogens is 1. The molecule has 88 valence electrons. The Kier molecular flexibility index (Phi) is 5.40. The highest BCUT2D eigenvalue weighted by Crippen LogP contribution is 2.20. The summed E-state index contributed by atoms with van der Waals surface area (Å²) in [6.45, 7) is 2.68. The maximum Gasteiger partial charge on any atom is 0.251 e. The molecule has 0 heterocycles. The Labute approximate surface area is 113 Å². The molecule has 16 heavy (non-hydrogen) atoms. The molecule has 0 aliphatic rings. The predicted molar refractivity (Wildman–Crippen MR) is 76.1 cm³/mol. The van der Waals surface area contributed by atoms with Gasteiger partial charge in [0.15, 0.2) is 0 Å². The first-order valence-electron chi connectivity index (χ1n) is 4.84. The molecule has 1 aromatic carbocycles. The zero-order valence-electron chi connectivity index (χ0n) is 9.16. The molecule has 1 amide bonds. The van der Waals surface area contributed by atoms with E-state index in [1.807, 2.05) is 28.8 Å². The van der Waals surface area contributed by atoms with Crippen molar-refractivity contribution in [3.63, 3.8) is 0 Å². The lowest BCUT2D eigenvalue weighted by molar-refractivity contribution is 0.0953. The number of carbonyl (C=O) groups is 1. The highest BCUT2D eigenvalue weighted by molar-refractivity contribution is 14.1. The van der Waals surface area contributed by atoms with Crippen LogP contribution < -0.4 is 5.32 Å². The number of phenolic OH excluding ortho intramolecular Hbond substituents is 1. The van der Waals surface area contributed by atoms with Crippen molar-refractivity contribution in [1.82, 2.24) is 5.32 Å². The van der Waals surface area contributed by atoms with Gasteiger partial charge in [0.25, 0.3) is 5.91 Å². The van der Waals surface area contributed by atoms with Gasteiger partial charge in [0.1, 0.15) is 5.75 Å². The summed E-state index contributed by atoms with van der Waals surface area (Å²) in [4.78, 5) is 11.7. The van der Waals surface area contributed by atoms with E-state index in [9.17, 15) is 9.90 Å². The van der Waals surface area contributed by atoms with Gasteiger partial charge in [-0.25, -0.2) is 0 Å². The summed E-state index contributed by atoms with van der Waals surface area (Å²) in [6, 6.07) is 4.92. The average molecular weight is 351 g/mol. The fraction of sp³-hybridized carbons (Fsp3) is 0.364. The van der Waals surface area contributed by atoms with Crippen molar-refractivity contribution in [2.75, 3.05) is 12.8 Å². The van der Waals surface area contributed by atoms with Gasteiger partial charge in [-0.1, -0.05) is 6.92 Å². The van der Waals surface area contributed by atoms with Crippen LogP contribution in [-0.4, -0.2) is 29.1 Å². The number of aromatic hydroxyl groups is 1. The summed E-state index contributed by atoms with van der Waals surface area (Å²) in [5.74, 6) is -0.00114. The SMILES string of the molecule is CSC(C)CNC(=O)c1ccc(I)c(O)c1. The van der Waals surface area contributed by atoms with Crippen LogP contribution in [0.15, 0.2) is 18.2 Å². The summed E-state index contributed by atoms with van der Waals surface area (Å²) >= 11 is 3.72. The second-order valence-electron chi connectivity index (χ2n) is 3.42. The van der Waals surface area contributed by atoms with Crippen molar-refractivity contribution in [3.05, 3.63) is 27.3 Å². The number of rotatable bonds is 4. The van der Waals surface area contributed by atoms with Crippen LogP contribution in [0.3, 0.4) is 0 Å². The van der Waals surface area contributed by atoms with Crippen molar-refractivity contribution in [2.45, 2.75) is 12.2 Å². The van der Waals surface area contributed by atoms with Gasteiger partial charge in [-0.05, 0) is 47.0 Å². The molecule has 0 aliphatic heterocycles. The number of benzene rings is 1. The molecule has 1 atom stereocenters. The van der Waals surface area contributed by atoms with Crippen molar-refractivity contribution in [2.24, 2.45) is 0 Å².